The van der Waals surface area contributed by atoms with Gasteiger partial charge in [0.25, 0.3) is 0 Å². The Kier molecular flexibility index (Phi) is 2.00. The van der Waals surface area contributed by atoms with Crippen LogP contribution in [-0.2, 0) is 10.2 Å². The highest BCUT2D eigenvalue weighted by atomic mass is 16.1. The fourth-order valence-electron chi connectivity index (χ4n) is 5.72. The molecule has 3 aliphatic heterocycles. The number of ketones is 1. The van der Waals surface area contributed by atoms with Crippen LogP contribution in [0.5, 0.6) is 0 Å². The third-order valence-corrected chi connectivity index (χ3v) is 6.83. The van der Waals surface area contributed by atoms with Gasteiger partial charge in [-0.2, -0.15) is 0 Å². The van der Waals surface area contributed by atoms with E-state index in [0.717, 1.165) is 31.6 Å². The number of hydrogen-bond donors (Lipinski definition) is 0. The average Bonchev–Trinajstić information content (AvgIpc) is 3.03. The van der Waals surface area contributed by atoms with Gasteiger partial charge in [-0.1, -0.05) is 25.1 Å². The van der Waals surface area contributed by atoms with E-state index < -0.39 is 0 Å². The predicted molar refractivity (Wildman–Crippen MR) is 82.1 cm³/mol. The fourth-order valence-corrected chi connectivity index (χ4v) is 5.72. The van der Waals surface area contributed by atoms with Gasteiger partial charge in [-0.3, -0.25) is 14.7 Å². The number of piperidine rings is 1. The van der Waals surface area contributed by atoms with Gasteiger partial charge in [0.05, 0.1) is 16.9 Å². The SMILES string of the molecule is C[C@H]1C(=O)[C@H]2CCN3CC[C@]14C(=Nc1ccccc14)[C@@]23C. The summed E-state index contributed by atoms with van der Waals surface area (Å²) in [6.45, 7) is 6.56. The van der Waals surface area contributed by atoms with Crippen molar-refractivity contribution in [3.8, 4) is 0 Å². The van der Waals surface area contributed by atoms with Gasteiger partial charge in [-0.05, 0) is 37.9 Å². The minimum atomic E-state index is -0.138. The predicted octanol–water partition coefficient (Wildman–Crippen LogP) is 2.71. The number of nitrogens with zero attached hydrogens (tertiary/aromatic N) is 2. The highest BCUT2D eigenvalue weighted by molar-refractivity contribution is 6.16. The van der Waals surface area contributed by atoms with Crippen LogP contribution in [-0.4, -0.2) is 35.0 Å². The summed E-state index contributed by atoms with van der Waals surface area (Å²) in [4.78, 5) is 20.7. The molecule has 2 bridgehead atoms. The van der Waals surface area contributed by atoms with Crippen molar-refractivity contribution in [3.05, 3.63) is 29.8 Å². The van der Waals surface area contributed by atoms with E-state index >= 15 is 0 Å². The van der Waals surface area contributed by atoms with Crippen LogP contribution < -0.4 is 0 Å². The number of carbonyl (C=O) groups excluding carboxylic acids is 1. The highest BCUT2D eigenvalue weighted by Gasteiger charge is 2.69. The second kappa shape index (κ2) is 3.46. The molecule has 3 fully saturated rings. The first-order chi connectivity index (χ1) is 10.1. The Morgan fingerprint density at radius 3 is 2.95 bits per heavy atom. The minimum absolute atomic E-state index is 0.0678. The molecule has 1 saturated carbocycles. The van der Waals surface area contributed by atoms with Crippen LogP contribution in [0.2, 0.25) is 0 Å². The summed E-state index contributed by atoms with van der Waals surface area (Å²) in [6.07, 6.45) is 2.04. The molecule has 1 aromatic carbocycles. The molecule has 0 N–H and O–H groups in total. The summed E-state index contributed by atoms with van der Waals surface area (Å²) in [5, 5.41) is 0. The van der Waals surface area contributed by atoms with Crippen molar-refractivity contribution in [3.63, 3.8) is 0 Å². The van der Waals surface area contributed by atoms with E-state index in [9.17, 15) is 4.79 Å². The fraction of sp³-hybridized carbons (Fsp3) is 0.556. The highest BCUT2D eigenvalue weighted by Crippen LogP contribution is 2.60. The normalized spacial score (nSPS) is 43.5. The Bertz CT molecular complexity index is 709. The molecule has 2 saturated heterocycles. The number of carbonyl (C=O) groups is 1. The van der Waals surface area contributed by atoms with E-state index in [1.165, 1.54) is 11.3 Å². The van der Waals surface area contributed by atoms with Crippen molar-refractivity contribution in [2.45, 2.75) is 37.6 Å². The molecule has 3 heterocycles. The number of rotatable bonds is 0. The van der Waals surface area contributed by atoms with Gasteiger partial charge in [-0.15, -0.1) is 0 Å². The van der Waals surface area contributed by atoms with Crippen LogP contribution in [0.15, 0.2) is 29.3 Å². The maximum absolute atomic E-state index is 13.1. The summed E-state index contributed by atoms with van der Waals surface area (Å²) in [5.74, 6) is 0.683. The van der Waals surface area contributed by atoms with Gasteiger partial charge in [0.15, 0.2) is 0 Å². The van der Waals surface area contributed by atoms with Crippen LogP contribution in [0.3, 0.4) is 0 Å². The lowest BCUT2D eigenvalue weighted by molar-refractivity contribution is -0.132. The van der Waals surface area contributed by atoms with Crippen molar-refractivity contribution in [2.24, 2.45) is 16.8 Å². The van der Waals surface area contributed by atoms with Crippen LogP contribution in [0.4, 0.5) is 5.69 Å². The summed E-state index contributed by atoms with van der Waals surface area (Å²) < 4.78 is 0. The Morgan fingerprint density at radius 1 is 1.29 bits per heavy atom. The van der Waals surface area contributed by atoms with Gasteiger partial charge in [0.2, 0.25) is 0 Å². The molecular formula is C18H20N2O. The second-order valence-corrected chi connectivity index (χ2v) is 7.30. The Morgan fingerprint density at radius 2 is 2.10 bits per heavy atom. The zero-order valence-electron chi connectivity index (χ0n) is 12.6. The zero-order valence-corrected chi connectivity index (χ0v) is 12.6. The molecular weight excluding hydrogens is 260 g/mol. The maximum Gasteiger partial charge on any atom is 0.142 e. The van der Waals surface area contributed by atoms with E-state index in [-0.39, 0.29) is 22.8 Å². The molecule has 0 spiro atoms. The molecule has 0 amide bonds. The molecule has 21 heavy (non-hydrogen) atoms. The topological polar surface area (TPSA) is 32.7 Å². The first-order valence-corrected chi connectivity index (χ1v) is 8.08. The molecule has 0 unspecified atom stereocenters. The van der Waals surface area contributed by atoms with Crippen molar-refractivity contribution in [2.75, 3.05) is 13.1 Å². The van der Waals surface area contributed by atoms with E-state index in [1.807, 2.05) is 0 Å². The molecule has 3 heteroatoms. The van der Waals surface area contributed by atoms with E-state index in [2.05, 4.69) is 43.0 Å². The second-order valence-electron chi connectivity index (χ2n) is 7.30. The minimum Gasteiger partial charge on any atom is -0.299 e. The summed E-state index contributed by atoms with van der Waals surface area (Å²) in [7, 11) is 0. The quantitative estimate of drug-likeness (QED) is 0.732. The van der Waals surface area contributed by atoms with Gasteiger partial charge < -0.3 is 0 Å². The van der Waals surface area contributed by atoms with E-state index in [0.29, 0.717) is 5.78 Å². The van der Waals surface area contributed by atoms with E-state index in [4.69, 9.17) is 4.99 Å². The molecule has 1 aliphatic carbocycles. The molecule has 0 radical (unpaired) electrons. The monoisotopic (exact) mass is 280 g/mol. The molecule has 1 aromatic rings. The summed E-state index contributed by atoms with van der Waals surface area (Å²) in [6, 6.07) is 8.47. The lowest BCUT2D eigenvalue weighted by Crippen LogP contribution is -2.70. The van der Waals surface area contributed by atoms with Gasteiger partial charge in [-0.25, -0.2) is 0 Å². The summed E-state index contributed by atoms with van der Waals surface area (Å²) in [5.41, 5.74) is 3.42. The lowest BCUT2D eigenvalue weighted by atomic mass is 9.51. The third kappa shape index (κ3) is 1.08. The van der Waals surface area contributed by atoms with Crippen LogP contribution >= 0.6 is 0 Å². The number of fused-ring (bicyclic) bond motifs is 1. The van der Waals surface area contributed by atoms with Crippen LogP contribution in [0, 0.1) is 11.8 Å². The Balaban J connectivity index is 1.86. The number of benzene rings is 1. The van der Waals surface area contributed by atoms with Crippen molar-refractivity contribution < 1.29 is 4.79 Å². The smallest absolute Gasteiger partial charge is 0.142 e. The number of para-hydroxylation sites is 1. The molecule has 4 aliphatic rings. The largest absolute Gasteiger partial charge is 0.299 e. The van der Waals surface area contributed by atoms with Gasteiger partial charge in [0.1, 0.15) is 5.78 Å². The van der Waals surface area contributed by atoms with Gasteiger partial charge >= 0.3 is 0 Å². The van der Waals surface area contributed by atoms with Crippen LogP contribution in [0.1, 0.15) is 32.3 Å². The zero-order chi connectivity index (χ0) is 14.4. The van der Waals surface area contributed by atoms with Crippen molar-refractivity contribution >= 4 is 17.2 Å². The van der Waals surface area contributed by atoms with E-state index in [1.54, 1.807) is 0 Å². The number of Topliss-reactive ketones (excluding diaryl/α,β-unsaturated/α-hetero) is 1. The van der Waals surface area contributed by atoms with Crippen molar-refractivity contribution in [1.29, 1.82) is 0 Å². The third-order valence-electron chi connectivity index (χ3n) is 6.83. The number of hydrogen-bond acceptors (Lipinski definition) is 3. The molecule has 3 nitrogen and oxygen atoms in total. The molecule has 108 valence electrons. The van der Waals surface area contributed by atoms with Gasteiger partial charge in [0, 0.05) is 23.8 Å². The molecule has 5 rings (SSSR count). The first kappa shape index (κ1) is 12.1. The average molecular weight is 280 g/mol. The molecule has 4 atom stereocenters. The summed E-state index contributed by atoms with van der Waals surface area (Å²) >= 11 is 0. The molecule has 0 aromatic heterocycles. The standard InChI is InChI=1S/C18H20N2O/c1-11-15(21)13-7-9-20-10-8-18(11)12-5-3-4-6-14(12)19-16(18)17(13,20)2/h3-6,11,13H,7-10H2,1-2H3/t11-,13+,17+,18-/m0/s1. The van der Waals surface area contributed by atoms with Crippen LogP contribution in [0.25, 0.3) is 0 Å². The number of aliphatic imine (C=N–C) groups is 1. The Hall–Kier alpha value is -1.48. The Labute approximate surface area is 125 Å². The van der Waals surface area contributed by atoms with Crippen molar-refractivity contribution in [1.82, 2.24) is 4.90 Å². The first-order valence-electron chi connectivity index (χ1n) is 8.08. The lowest BCUT2D eigenvalue weighted by Gasteiger charge is -2.57. The maximum atomic E-state index is 13.1.